The molecule has 4 rings (SSSR count). The Bertz CT molecular complexity index is 1100. The van der Waals surface area contributed by atoms with E-state index in [-0.39, 0.29) is 22.9 Å². The van der Waals surface area contributed by atoms with Crippen LogP contribution in [0.2, 0.25) is 0 Å². The number of carboxylic acid groups (broad SMARTS) is 1. The van der Waals surface area contributed by atoms with E-state index in [9.17, 15) is 14.4 Å². The lowest BCUT2D eigenvalue weighted by Crippen LogP contribution is -2.13. The molecule has 7 nitrogen and oxygen atoms in total. The van der Waals surface area contributed by atoms with Crippen molar-refractivity contribution < 1.29 is 14.7 Å². The van der Waals surface area contributed by atoms with Gasteiger partial charge in [0.25, 0.3) is 5.56 Å². The third kappa shape index (κ3) is 3.06. The number of hydrogen-bond acceptors (Lipinski definition) is 4. The van der Waals surface area contributed by atoms with Crippen LogP contribution in [0, 0.1) is 5.92 Å². The van der Waals surface area contributed by atoms with Gasteiger partial charge in [0, 0.05) is 17.2 Å². The number of nitrogens with one attached hydrogen (secondary N) is 2. The van der Waals surface area contributed by atoms with Crippen molar-refractivity contribution in [1.29, 1.82) is 0 Å². The molecule has 0 unspecified atom stereocenters. The van der Waals surface area contributed by atoms with Gasteiger partial charge in [-0.2, -0.15) is 0 Å². The van der Waals surface area contributed by atoms with Crippen molar-refractivity contribution in [3.05, 3.63) is 58.4 Å². The largest absolute Gasteiger partial charge is 0.478 e. The van der Waals surface area contributed by atoms with Crippen LogP contribution >= 0.6 is 0 Å². The van der Waals surface area contributed by atoms with Crippen LogP contribution in [0.4, 0.5) is 5.69 Å². The number of carbonyl (C=O) groups is 2. The van der Waals surface area contributed by atoms with Gasteiger partial charge < -0.3 is 15.4 Å². The second kappa shape index (κ2) is 6.11. The van der Waals surface area contributed by atoms with E-state index < -0.39 is 5.97 Å². The summed E-state index contributed by atoms with van der Waals surface area (Å²) in [6.45, 7) is 0. The Morgan fingerprint density at radius 3 is 2.69 bits per heavy atom. The van der Waals surface area contributed by atoms with E-state index >= 15 is 0 Å². The van der Waals surface area contributed by atoms with Crippen molar-refractivity contribution >= 4 is 28.5 Å². The lowest BCUT2D eigenvalue weighted by Gasteiger charge is -2.08. The predicted molar refractivity (Wildman–Crippen MR) is 96.1 cm³/mol. The zero-order chi connectivity index (χ0) is 18.3. The molecule has 130 valence electrons. The number of aromatic carboxylic acids is 1. The minimum absolute atomic E-state index is 0.00628. The highest BCUT2D eigenvalue weighted by atomic mass is 16.4. The topological polar surface area (TPSA) is 112 Å². The van der Waals surface area contributed by atoms with Gasteiger partial charge >= 0.3 is 5.97 Å². The molecule has 3 N–H and O–H groups in total. The van der Waals surface area contributed by atoms with Gasteiger partial charge in [0.2, 0.25) is 5.91 Å². The molecule has 0 atom stereocenters. The average molecular weight is 349 g/mol. The molecule has 1 fully saturated rings. The molecule has 0 aliphatic heterocycles. The Hall–Kier alpha value is -3.48. The van der Waals surface area contributed by atoms with Crippen molar-refractivity contribution in [2.75, 3.05) is 5.32 Å². The maximum Gasteiger partial charge on any atom is 0.335 e. The first-order valence-electron chi connectivity index (χ1n) is 8.20. The minimum Gasteiger partial charge on any atom is -0.478 e. The molecule has 0 radical (unpaired) electrons. The Morgan fingerprint density at radius 2 is 1.96 bits per heavy atom. The zero-order valence-corrected chi connectivity index (χ0v) is 13.7. The van der Waals surface area contributed by atoms with Gasteiger partial charge in [-0.25, -0.2) is 9.78 Å². The van der Waals surface area contributed by atoms with E-state index in [4.69, 9.17) is 5.11 Å². The fraction of sp³-hybridized carbons (Fsp3) is 0.158. The third-order valence-corrected chi connectivity index (χ3v) is 4.31. The van der Waals surface area contributed by atoms with Crippen LogP contribution in [0.25, 0.3) is 22.3 Å². The Labute approximate surface area is 147 Å². The molecule has 1 aliphatic carbocycles. The zero-order valence-electron chi connectivity index (χ0n) is 13.7. The molecular weight excluding hydrogens is 334 g/mol. The van der Waals surface area contributed by atoms with Crippen molar-refractivity contribution in [3.8, 4) is 11.4 Å². The summed E-state index contributed by atoms with van der Waals surface area (Å²) in [5, 5.41) is 12.3. The fourth-order valence-electron chi connectivity index (χ4n) is 2.74. The average Bonchev–Trinajstić information content (AvgIpc) is 3.46. The predicted octanol–water partition coefficient (Wildman–Crippen LogP) is 2.64. The third-order valence-electron chi connectivity index (χ3n) is 4.31. The van der Waals surface area contributed by atoms with E-state index in [1.807, 2.05) is 0 Å². The standard InChI is InChI=1S/C19H15N3O4/c23-17(10-4-5-10)20-13-3-1-2-11(8-13)16-21-15-9-12(19(25)26)6-7-14(15)18(24)22-16/h1-3,6-10H,4-5H2,(H,20,23)(H,25,26)(H,21,22,24). The first kappa shape index (κ1) is 16.0. The monoisotopic (exact) mass is 349 g/mol. The van der Waals surface area contributed by atoms with Crippen molar-refractivity contribution in [3.63, 3.8) is 0 Å². The molecule has 1 heterocycles. The van der Waals surface area contributed by atoms with Crippen LogP contribution in [0.15, 0.2) is 47.3 Å². The molecule has 2 aromatic carbocycles. The lowest BCUT2D eigenvalue weighted by molar-refractivity contribution is -0.117. The van der Waals surface area contributed by atoms with E-state index in [1.165, 1.54) is 18.2 Å². The number of carbonyl (C=O) groups excluding carboxylic acids is 1. The quantitative estimate of drug-likeness (QED) is 0.670. The summed E-state index contributed by atoms with van der Waals surface area (Å²) in [5.41, 5.74) is 1.26. The highest BCUT2D eigenvalue weighted by molar-refractivity contribution is 5.95. The molecule has 1 aliphatic rings. The number of aromatic nitrogens is 2. The number of carboxylic acids is 1. The minimum atomic E-state index is -1.08. The van der Waals surface area contributed by atoms with E-state index in [2.05, 4.69) is 15.3 Å². The molecule has 7 heteroatoms. The number of aromatic amines is 1. The Balaban J connectivity index is 1.74. The number of benzene rings is 2. The number of fused-ring (bicyclic) bond motifs is 1. The number of nitrogens with zero attached hydrogens (tertiary/aromatic N) is 1. The van der Waals surface area contributed by atoms with Crippen LogP contribution in [-0.2, 0) is 4.79 Å². The highest BCUT2D eigenvalue weighted by Gasteiger charge is 2.29. The van der Waals surface area contributed by atoms with Gasteiger partial charge in [-0.3, -0.25) is 9.59 Å². The first-order chi connectivity index (χ1) is 12.5. The van der Waals surface area contributed by atoms with Crippen LogP contribution in [-0.4, -0.2) is 27.0 Å². The van der Waals surface area contributed by atoms with Crippen LogP contribution in [0.5, 0.6) is 0 Å². The molecule has 3 aromatic rings. The Kier molecular flexibility index (Phi) is 3.76. The van der Waals surface area contributed by atoms with Crippen molar-refractivity contribution in [2.24, 2.45) is 5.92 Å². The number of H-pyrrole nitrogens is 1. The summed E-state index contributed by atoms with van der Waals surface area (Å²) in [6.07, 6.45) is 1.83. The fourth-order valence-corrected chi connectivity index (χ4v) is 2.74. The smallest absolute Gasteiger partial charge is 0.335 e. The summed E-state index contributed by atoms with van der Waals surface area (Å²) >= 11 is 0. The molecule has 1 aromatic heterocycles. The maximum absolute atomic E-state index is 12.3. The summed E-state index contributed by atoms with van der Waals surface area (Å²) in [7, 11) is 0. The van der Waals surface area contributed by atoms with Gasteiger partial charge in [0.15, 0.2) is 0 Å². The number of rotatable bonds is 4. The summed E-state index contributed by atoms with van der Waals surface area (Å²) in [5.74, 6) is -0.687. The molecule has 0 bridgehead atoms. The van der Waals surface area contributed by atoms with E-state index in [0.29, 0.717) is 28.0 Å². The molecule has 0 saturated heterocycles. The Morgan fingerprint density at radius 1 is 1.15 bits per heavy atom. The second-order valence-electron chi connectivity index (χ2n) is 6.30. The van der Waals surface area contributed by atoms with Crippen LogP contribution in [0.1, 0.15) is 23.2 Å². The second-order valence-corrected chi connectivity index (χ2v) is 6.30. The van der Waals surface area contributed by atoms with E-state index in [0.717, 1.165) is 12.8 Å². The van der Waals surface area contributed by atoms with Crippen molar-refractivity contribution in [1.82, 2.24) is 9.97 Å². The van der Waals surface area contributed by atoms with Gasteiger partial charge in [-0.05, 0) is 43.2 Å². The van der Waals surface area contributed by atoms with Gasteiger partial charge in [0.05, 0.1) is 16.5 Å². The number of hydrogen-bond donors (Lipinski definition) is 3. The molecule has 26 heavy (non-hydrogen) atoms. The summed E-state index contributed by atoms with van der Waals surface area (Å²) < 4.78 is 0. The van der Waals surface area contributed by atoms with Crippen LogP contribution in [0.3, 0.4) is 0 Å². The lowest BCUT2D eigenvalue weighted by atomic mass is 10.1. The molecule has 1 amide bonds. The number of amides is 1. The SMILES string of the molecule is O=C(O)c1ccc2c(=O)[nH]c(-c3cccc(NC(=O)C4CC4)c3)nc2c1. The maximum atomic E-state index is 12.3. The molecule has 1 saturated carbocycles. The first-order valence-corrected chi connectivity index (χ1v) is 8.20. The number of anilines is 1. The van der Waals surface area contributed by atoms with E-state index in [1.54, 1.807) is 24.3 Å². The normalized spacial score (nSPS) is 13.5. The van der Waals surface area contributed by atoms with Gasteiger partial charge in [0.1, 0.15) is 5.82 Å². The van der Waals surface area contributed by atoms with Gasteiger partial charge in [-0.1, -0.05) is 12.1 Å². The molecule has 0 spiro atoms. The van der Waals surface area contributed by atoms with Gasteiger partial charge in [-0.15, -0.1) is 0 Å². The van der Waals surface area contributed by atoms with Crippen molar-refractivity contribution in [2.45, 2.75) is 12.8 Å². The molecular formula is C19H15N3O4. The highest BCUT2D eigenvalue weighted by Crippen LogP contribution is 2.30. The summed E-state index contributed by atoms with van der Waals surface area (Å²) in [6, 6.07) is 11.2. The van der Waals surface area contributed by atoms with Crippen LogP contribution < -0.4 is 10.9 Å². The summed E-state index contributed by atoms with van der Waals surface area (Å²) in [4.78, 5) is 42.4.